The Balaban J connectivity index is 2.88. The highest BCUT2D eigenvalue weighted by Gasteiger charge is 2.09. The van der Waals surface area contributed by atoms with Gasteiger partial charge in [0.25, 0.3) is 0 Å². The van der Waals surface area contributed by atoms with Gasteiger partial charge < -0.3 is 10.4 Å². The number of nitrogens with one attached hydrogen (secondary N) is 1. The maximum atomic E-state index is 11.1. The van der Waals surface area contributed by atoms with E-state index < -0.39 is 11.9 Å². The number of halogens is 1. The van der Waals surface area contributed by atoms with Crippen molar-refractivity contribution in [1.29, 1.82) is 5.26 Å². The molecule has 5 nitrogen and oxygen atoms in total. The third-order valence-corrected chi connectivity index (χ3v) is 2.04. The van der Waals surface area contributed by atoms with Crippen molar-refractivity contribution in [2.75, 3.05) is 5.32 Å². The van der Waals surface area contributed by atoms with Gasteiger partial charge in [0.1, 0.15) is 6.42 Å². The molecular weight excluding hydrogens is 232 g/mol. The molecule has 6 heteroatoms. The summed E-state index contributed by atoms with van der Waals surface area (Å²) >= 11 is 5.76. The maximum Gasteiger partial charge on any atom is 0.335 e. The Morgan fingerprint density at radius 3 is 2.69 bits per heavy atom. The van der Waals surface area contributed by atoms with Crippen molar-refractivity contribution in [2.45, 2.75) is 6.42 Å². The average Bonchev–Trinajstić information content (AvgIpc) is 2.21. The second-order valence-electron chi connectivity index (χ2n) is 2.88. The van der Waals surface area contributed by atoms with Crippen LogP contribution in [0.1, 0.15) is 16.8 Å². The van der Waals surface area contributed by atoms with E-state index in [9.17, 15) is 9.59 Å². The van der Waals surface area contributed by atoms with Gasteiger partial charge >= 0.3 is 5.97 Å². The molecule has 0 fully saturated rings. The first-order chi connectivity index (χ1) is 7.54. The van der Waals surface area contributed by atoms with E-state index in [0.717, 1.165) is 0 Å². The van der Waals surface area contributed by atoms with E-state index >= 15 is 0 Å². The summed E-state index contributed by atoms with van der Waals surface area (Å²) in [5.74, 6) is -1.59. The van der Waals surface area contributed by atoms with Crippen molar-refractivity contribution < 1.29 is 14.7 Å². The molecule has 0 bridgehead atoms. The SMILES string of the molecule is N#CCC(=O)Nc1ccc(C(=O)O)cc1Cl. The van der Waals surface area contributed by atoms with Crippen LogP contribution in [-0.4, -0.2) is 17.0 Å². The van der Waals surface area contributed by atoms with E-state index in [2.05, 4.69) is 5.32 Å². The van der Waals surface area contributed by atoms with E-state index in [4.69, 9.17) is 22.0 Å². The predicted molar refractivity (Wildman–Crippen MR) is 57.3 cm³/mol. The second kappa shape index (κ2) is 5.14. The monoisotopic (exact) mass is 238 g/mol. The molecule has 82 valence electrons. The first-order valence-electron chi connectivity index (χ1n) is 4.24. The lowest BCUT2D eigenvalue weighted by Gasteiger charge is -2.05. The molecule has 0 atom stereocenters. The third-order valence-electron chi connectivity index (χ3n) is 1.73. The van der Waals surface area contributed by atoms with Gasteiger partial charge in [-0.1, -0.05) is 11.6 Å². The number of aromatic carboxylic acids is 1. The molecule has 0 aliphatic heterocycles. The summed E-state index contributed by atoms with van der Waals surface area (Å²) in [6.45, 7) is 0. The number of hydrogen-bond acceptors (Lipinski definition) is 3. The molecule has 1 aromatic carbocycles. The number of carboxylic acids is 1. The van der Waals surface area contributed by atoms with Crippen molar-refractivity contribution >= 4 is 29.2 Å². The van der Waals surface area contributed by atoms with Gasteiger partial charge in [-0.2, -0.15) is 5.26 Å². The number of nitriles is 1. The van der Waals surface area contributed by atoms with Crippen LogP contribution in [0.25, 0.3) is 0 Å². The van der Waals surface area contributed by atoms with E-state index in [-0.39, 0.29) is 22.7 Å². The Morgan fingerprint density at radius 2 is 2.19 bits per heavy atom. The van der Waals surface area contributed by atoms with E-state index in [1.165, 1.54) is 18.2 Å². The zero-order chi connectivity index (χ0) is 12.1. The van der Waals surface area contributed by atoms with Crippen LogP contribution in [0, 0.1) is 11.3 Å². The van der Waals surface area contributed by atoms with E-state index in [1.54, 1.807) is 6.07 Å². The molecule has 0 aromatic heterocycles. The highest BCUT2D eigenvalue weighted by atomic mass is 35.5. The number of anilines is 1. The van der Waals surface area contributed by atoms with Crippen molar-refractivity contribution in [1.82, 2.24) is 0 Å². The molecule has 16 heavy (non-hydrogen) atoms. The quantitative estimate of drug-likeness (QED) is 0.841. The summed E-state index contributed by atoms with van der Waals surface area (Å²) in [6.07, 6.45) is -0.281. The second-order valence-corrected chi connectivity index (χ2v) is 3.29. The van der Waals surface area contributed by atoms with Gasteiger partial charge in [0.05, 0.1) is 22.3 Å². The van der Waals surface area contributed by atoms with Crippen LogP contribution < -0.4 is 5.32 Å². The lowest BCUT2D eigenvalue weighted by Crippen LogP contribution is -2.10. The lowest BCUT2D eigenvalue weighted by molar-refractivity contribution is -0.115. The Hall–Kier alpha value is -2.06. The van der Waals surface area contributed by atoms with Crippen LogP contribution in [0.5, 0.6) is 0 Å². The van der Waals surface area contributed by atoms with Gasteiger partial charge in [-0.05, 0) is 18.2 Å². The lowest BCUT2D eigenvalue weighted by atomic mass is 10.2. The summed E-state index contributed by atoms with van der Waals surface area (Å²) in [5.41, 5.74) is 0.315. The average molecular weight is 239 g/mol. The number of carbonyl (C=O) groups is 2. The zero-order valence-corrected chi connectivity index (χ0v) is 8.78. The fourth-order valence-corrected chi connectivity index (χ4v) is 1.24. The van der Waals surface area contributed by atoms with Gasteiger partial charge in [-0.3, -0.25) is 4.79 Å². The fraction of sp³-hybridized carbons (Fsp3) is 0.100. The van der Waals surface area contributed by atoms with Gasteiger partial charge in [-0.15, -0.1) is 0 Å². The van der Waals surface area contributed by atoms with Crippen molar-refractivity contribution in [3.63, 3.8) is 0 Å². The number of hydrogen-bond donors (Lipinski definition) is 2. The van der Waals surface area contributed by atoms with Crippen molar-refractivity contribution in [3.8, 4) is 6.07 Å². The Bertz CT molecular complexity index is 479. The Morgan fingerprint density at radius 1 is 1.50 bits per heavy atom. The van der Waals surface area contributed by atoms with Crippen molar-refractivity contribution in [3.05, 3.63) is 28.8 Å². The maximum absolute atomic E-state index is 11.1. The third kappa shape index (κ3) is 2.97. The number of carboxylic acid groups (broad SMARTS) is 1. The summed E-state index contributed by atoms with van der Waals surface area (Å²) < 4.78 is 0. The highest BCUT2D eigenvalue weighted by molar-refractivity contribution is 6.34. The molecule has 1 rings (SSSR count). The van der Waals surface area contributed by atoms with E-state index in [0.29, 0.717) is 0 Å². The van der Waals surface area contributed by atoms with Crippen LogP contribution in [0.3, 0.4) is 0 Å². The molecule has 0 aliphatic rings. The van der Waals surface area contributed by atoms with Crippen LogP contribution in [0.15, 0.2) is 18.2 Å². The molecule has 1 aromatic rings. The highest BCUT2D eigenvalue weighted by Crippen LogP contribution is 2.23. The molecule has 0 spiro atoms. The summed E-state index contributed by atoms with van der Waals surface area (Å²) in [5, 5.41) is 19.5. The largest absolute Gasteiger partial charge is 0.478 e. The van der Waals surface area contributed by atoms with Crippen molar-refractivity contribution in [2.24, 2.45) is 0 Å². The molecule has 0 unspecified atom stereocenters. The molecule has 0 radical (unpaired) electrons. The first-order valence-corrected chi connectivity index (χ1v) is 4.62. The molecule has 0 heterocycles. The van der Waals surface area contributed by atoms with Crippen LogP contribution >= 0.6 is 11.6 Å². The van der Waals surface area contributed by atoms with Gasteiger partial charge in [0.2, 0.25) is 5.91 Å². The van der Waals surface area contributed by atoms with Crippen LogP contribution in [0.2, 0.25) is 5.02 Å². The van der Waals surface area contributed by atoms with Gasteiger partial charge in [0, 0.05) is 0 Å². The fourth-order valence-electron chi connectivity index (χ4n) is 1.02. The normalized spacial score (nSPS) is 9.25. The summed E-state index contributed by atoms with van der Waals surface area (Å²) in [7, 11) is 0. The topological polar surface area (TPSA) is 90.2 Å². The minimum atomic E-state index is -1.10. The van der Waals surface area contributed by atoms with Crippen LogP contribution in [0.4, 0.5) is 5.69 Å². The first kappa shape index (κ1) is 12.0. The number of rotatable bonds is 3. The molecule has 2 N–H and O–H groups in total. The molecule has 0 saturated carbocycles. The summed E-state index contributed by atoms with van der Waals surface area (Å²) in [4.78, 5) is 21.7. The smallest absolute Gasteiger partial charge is 0.335 e. The standard InChI is InChI=1S/C10H7ClN2O3/c11-7-5-6(10(15)16)1-2-8(7)13-9(14)3-4-12/h1-2,5H,3H2,(H,13,14)(H,15,16). The Labute approximate surface area is 96.3 Å². The summed E-state index contributed by atoms with van der Waals surface area (Å²) in [6, 6.07) is 5.61. The number of nitrogens with zero attached hydrogens (tertiary/aromatic N) is 1. The van der Waals surface area contributed by atoms with Crippen LogP contribution in [-0.2, 0) is 4.79 Å². The van der Waals surface area contributed by atoms with E-state index in [1.807, 2.05) is 0 Å². The number of amides is 1. The minimum Gasteiger partial charge on any atom is -0.478 e. The predicted octanol–water partition coefficient (Wildman–Crippen LogP) is 1.89. The Kier molecular flexibility index (Phi) is 3.86. The minimum absolute atomic E-state index is 0.0308. The zero-order valence-electron chi connectivity index (χ0n) is 8.03. The van der Waals surface area contributed by atoms with Gasteiger partial charge in [0.15, 0.2) is 0 Å². The van der Waals surface area contributed by atoms with Gasteiger partial charge in [-0.25, -0.2) is 4.79 Å². The molecule has 1 amide bonds. The number of benzene rings is 1. The molecule has 0 aliphatic carbocycles. The molecule has 0 saturated heterocycles. The number of carbonyl (C=O) groups excluding carboxylic acids is 1. The molecular formula is C10H7ClN2O3.